The van der Waals surface area contributed by atoms with E-state index >= 15 is 0 Å². The molecule has 110 valence electrons. The van der Waals surface area contributed by atoms with Gasteiger partial charge in [-0.3, -0.25) is 0 Å². The van der Waals surface area contributed by atoms with Crippen LogP contribution in [0.3, 0.4) is 0 Å². The first-order valence-electron chi connectivity index (χ1n) is 7.56. The fourth-order valence-corrected chi connectivity index (χ4v) is 4.44. The number of rotatable bonds is 3. The second-order valence-corrected chi connectivity index (χ2v) is 7.60. The minimum Gasteiger partial charge on any atom is -0.310 e. The zero-order valence-electron chi connectivity index (χ0n) is 12.1. The van der Waals surface area contributed by atoms with Gasteiger partial charge in [-0.25, -0.2) is 0 Å². The van der Waals surface area contributed by atoms with E-state index in [0.29, 0.717) is 6.04 Å². The number of hydrogen-bond donors (Lipinski definition) is 1. The van der Waals surface area contributed by atoms with Crippen molar-refractivity contribution in [2.75, 3.05) is 32.4 Å². The van der Waals surface area contributed by atoms with Gasteiger partial charge < -0.3 is 10.2 Å². The van der Waals surface area contributed by atoms with Crippen molar-refractivity contribution in [1.29, 1.82) is 0 Å². The normalized spacial score (nSPS) is 24.6. The summed E-state index contributed by atoms with van der Waals surface area (Å²) in [4.78, 5) is 3.84. The topological polar surface area (TPSA) is 15.3 Å². The Bertz CT molecular complexity index is 458. The molecule has 0 saturated carbocycles. The molecule has 1 N–H and O–H groups in total. The lowest BCUT2D eigenvalue weighted by atomic mass is 9.96. The summed E-state index contributed by atoms with van der Waals surface area (Å²) < 4.78 is 0. The molecule has 1 unspecified atom stereocenters. The van der Waals surface area contributed by atoms with Gasteiger partial charge in [-0.2, -0.15) is 0 Å². The average Bonchev–Trinajstić information content (AvgIpc) is 2.47. The molecule has 0 amide bonds. The van der Waals surface area contributed by atoms with Gasteiger partial charge >= 0.3 is 0 Å². The largest absolute Gasteiger partial charge is 0.310 e. The molecule has 3 rings (SSSR count). The van der Waals surface area contributed by atoms with Gasteiger partial charge in [0.25, 0.3) is 0 Å². The van der Waals surface area contributed by atoms with E-state index in [1.807, 2.05) is 17.8 Å². The fourth-order valence-electron chi connectivity index (χ4n) is 3.15. The van der Waals surface area contributed by atoms with Gasteiger partial charge in [0.05, 0.1) is 0 Å². The zero-order chi connectivity index (χ0) is 13.9. The van der Waals surface area contributed by atoms with Crippen LogP contribution in [0.4, 0.5) is 0 Å². The highest BCUT2D eigenvalue weighted by Crippen LogP contribution is 2.37. The summed E-state index contributed by atoms with van der Waals surface area (Å²) in [6.07, 6.45) is 3.87. The van der Waals surface area contributed by atoms with Crippen LogP contribution in [-0.4, -0.2) is 37.3 Å². The van der Waals surface area contributed by atoms with Crippen molar-refractivity contribution in [3.8, 4) is 0 Å². The predicted octanol–water partition coefficient (Wildman–Crippen LogP) is 3.81. The first kappa shape index (κ1) is 14.7. The first-order chi connectivity index (χ1) is 9.72. The summed E-state index contributed by atoms with van der Waals surface area (Å²) in [6.45, 7) is 3.64. The fraction of sp³-hybridized carbons (Fsp3) is 0.625. The Balaban J connectivity index is 1.60. The van der Waals surface area contributed by atoms with E-state index in [2.05, 4.69) is 29.4 Å². The maximum atomic E-state index is 6.16. The zero-order valence-corrected chi connectivity index (χ0v) is 13.6. The summed E-state index contributed by atoms with van der Waals surface area (Å²) in [6, 6.07) is 6.82. The Morgan fingerprint density at radius 1 is 1.30 bits per heavy atom. The third-order valence-electron chi connectivity index (χ3n) is 4.50. The van der Waals surface area contributed by atoms with Crippen molar-refractivity contribution in [3.63, 3.8) is 0 Å². The molecule has 0 spiro atoms. The smallest absolute Gasteiger partial charge is 0.0410 e. The average molecular weight is 311 g/mol. The Labute approximate surface area is 131 Å². The number of likely N-dealkylation sites (tertiary alicyclic amines) is 1. The lowest BCUT2D eigenvalue weighted by Crippen LogP contribution is -2.36. The summed E-state index contributed by atoms with van der Waals surface area (Å²) >= 11 is 8.12. The van der Waals surface area contributed by atoms with Gasteiger partial charge in [0.15, 0.2) is 0 Å². The van der Waals surface area contributed by atoms with Crippen molar-refractivity contribution in [3.05, 3.63) is 28.8 Å². The number of halogens is 1. The number of nitrogens with one attached hydrogen (secondary N) is 1. The number of piperidine rings is 1. The van der Waals surface area contributed by atoms with Crippen molar-refractivity contribution < 1.29 is 0 Å². The van der Waals surface area contributed by atoms with E-state index in [1.165, 1.54) is 48.6 Å². The number of nitrogens with zero attached hydrogens (tertiary/aromatic N) is 1. The third-order valence-corrected chi connectivity index (χ3v) is 5.86. The first-order valence-corrected chi connectivity index (χ1v) is 8.93. The SMILES string of the molecule is CN1CCC(CNC2CCSc3ccc(Cl)cc32)CC1. The van der Waals surface area contributed by atoms with Gasteiger partial charge in [-0.05, 0) is 81.4 Å². The molecule has 1 aromatic carbocycles. The van der Waals surface area contributed by atoms with Crippen LogP contribution in [-0.2, 0) is 0 Å². The molecule has 0 bridgehead atoms. The molecule has 0 radical (unpaired) electrons. The molecule has 1 saturated heterocycles. The van der Waals surface area contributed by atoms with Crippen LogP contribution in [0.15, 0.2) is 23.1 Å². The summed E-state index contributed by atoms with van der Waals surface area (Å²) in [5.41, 5.74) is 1.40. The second kappa shape index (κ2) is 6.69. The van der Waals surface area contributed by atoms with Crippen molar-refractivity contribution in [2.24, 2.45) is 5.92 Å². The molecule has 0 aromatic heterocycles. The van der Waals surface area contributed by atoms with Crippen molar-refractivity contribution >= 4 is 23.4 Å². The highest BCUT2D eigenvalue weighted by atomic mass is 35.5. The summed E-state index contributed by atoms with van der Waals surface area (Å²) in [7, 11) is 2.22. The van der Waals surface area contributed by atoms with Gasteiger partial charge in [-0.15, -0.1) is 11.8 Å². The van der Waals surface area contributed by atoms with Gasteiger partial charge in [0.2, 0.25) is 0 Å². The lowest BCUT2D eigenvalue weighted by molar-refractivity contribution is 0.212. The van der Waals surface area contributed by atoms with E-state index in [0.717, 1.165) is 17.5 Å². The number of hydrogen-bond acceptors (Lipinski definition) is 3. The molecule has 1 atom stereocenters. The van der Waals surface area contributed by atoms with E-state index in [1.54, 1.807) is 0 Å². The maximum absolute atomic E-state index is 6.16. The highest BCUT2D eigenvalue weighted by molar-refractivity contribution is 7.99. The molecule has 1 aromatic rings. The second-order valence-electron chi connectivity index (χ2n) is 6.03. The molecule has 4 heteroatoms. The molecule has 2 aliphatic rings. The molecule has 2 heterocycles. The molecular weight excluding hydrogens is 288 g/mol. The van der Waals surface area contributed by atoms with E-state index in [4.69, 9.17) is 11.6 Å². The molecule has 1 fully saturated rings. The van der Waals surface area contributed by atoms with Crippen LogP contribution in [0, 0.1) is 5.92 Å². The van der Waals surface area contributed by atoms with Crippen molar-refractivity contribution in [1.82, 2.24) is 10.2 Å². The Morgan fingerprint density at radius 2 is 2.10 bits per heavy atom. The summed E-state index contributed by atoms with van der Waals surface area (Å²) in [5.74, 6) is 2.04. The van der Waals surface area contributed by atoms with Crippen molar-refractivity contribution in [2.45, 2.75) is 30.2 Å². The Hall–Kier alpha value is -0.220. The van der Waals surface area contributed by atoms with Crippen LogP contribution in [0.25, 0.3) is 0 Å². The van der Waals surface area contributed by atoms with Gasteiger partial charge in [0, 0.05) is 16.0 Å². The minimum absolute atomic E-state index is 0.490. The van der Waals surface area contributed by atoms with Gasteiger partial charge in [-0.1, -0.05) is 11.6 Å². The maximum Gasteiger partial charge on any atom is 0.0410 e. The van der Waals surface area contributed by atoms with Crippen LogP contribution in [0.2, 0.25) is 5.02 Å². The number of benzene rings is 1. The van der Waals surface area contributed by atoms with Crippen LogP contribution < -0.4 is 5.32 Å². The molecule has 2 nitrogen and oxygen atoms in total. The molecule has 20 heavy (non-hydrogen) atoms. The lowest BCUT2D eigenvalue weighted by Gasteiger charge is -2.32. The van der Waals surface area contributed by atoms with Gasteiger partial charge in [0.1, 0.15) is 0 Å². The van der Waals surface area contributed by atoms with E-state index in [9.17, 15) is 0 Å². The monoisotopic (exact) mass is 310 g/mol. The highest BCUT2D eigenvalue weighted by Gasteiger charge is 2.23. The quantitative estimate of drug-likeness (QED) is 0.914. The van der Waals surface area contributed by atoms with Crippen LogP contribution in [0.5, 0.6) is 0 Å². The summed E-state index contributed by atoms with van der Waals surface area (Å²) in [5, 5.41) is 4.66. The molecule has 0 aliphatic carbocycles. The van der Waals surface area contributed by atoms with Crippen LogP contribution >= 0.6 is 23.4 Å². The molecular formula is C16H23ClN2S. The standard InChI is InChI=1S/C16H23ClN2S/c1-19-7-4-12(5-8-19)11-18-15-6-9-20-16-3-2-13(17)10-14(15)16/h2-3,10,12,15,18H,4-9,11H2,1H3. The van der Waals surface area contributed by atoms with Crippen LogP contribution in [0.1, 0.15) is 30.9 Å². The van der Waals surface area contributed by atoms with E-state index < -0.39 is 0 Å². The molecule has 2 aliphatic heterocycles. The number of thioether (sulfide) groups is 1. The Kier molecular flexibility index (Phi) is 4.92. The Morgan fingerprint density at radius 3 is 2.90 bits per heavy atom. The predicted molar refractivity (Wildman–Crippen MR) is 87.8 cm³/mol. The number of fused-ring (bicyclic) bond motifs is 1. The van der Waals surface area contributed by atoms with E-state index in [-0.39, 0.29) is 0 Å². The third kappa shape index (κ3) is 3.51. The minimum atomic E-state index is 0.490.